The van der Waals surface area contributed by atoms with Crippen molar-refractivity contribution in [2.24, 2.45) is 23.7 Å². The molecule has 0 radical (unpaired) electrons. The van der Waals surface area contributed by atoms with Crippen LogP contribution in [0.4, 0.5) is 0 Å². The third-order valence-corrected chi connectivity index (χ3v) is 12.0. The summed E-state index contributed by atoms with van der Waals surface area (Å²) in [5.41, 5.74) is 0. The van der Waals surface area contributed by atoms with Crippen LogP contribution >= 0.6 is 0 Å². The molecule has 6 rings (SSSR count). The third kappa shape index (κ3) is 5.91. The SMILES string of the molecule is O=C(NC1CCCC1)[C@@H]1C[C@@H]2CCC[C@@H]2C[N+]1([O-])CCC[N+]1([O-])C[C@H]2CCC[C@H]2C[C@H]1C(=O)NC1CCCC1. The van der Waals surface area contributed by atoms with Crippen LogP contribution in [0.5, 0.6) is 0 Å². The standard InChI is InChI=1S/C31H52N4O4/c36-30(32-26-12-1-2-13-26)28-18-22-8-5-10-24(22)20-34(28,38)16-7-17-35(39)21-25-11-6-9-23(25)19-29(35)31(37)33-27-14-3-4-15-27/h22-29H,1-21H2,(H,32,36)(H,33,37)/t22-,23-,24+,25+,28-,29-,34?,35?/m0/s1. The van der Waals surface area contributed by atoms with Crippen LogP contribution in [0.2, 0.25) is 0 Å². The molecule has 2 unspecified atom stereocenters. The minimum absolute atomic E-state index is 0.0474. The van der Waals surface area contributed by atoms with Gasteiger partial charge in [0, 0.05) is 43.2 Å². The number of nitrogens with one attached hydrogen (secondary N) is 2. The molecule has 39 heavy (non-hydrogen) atoms. The van der Waals surface area contributed by atoms with Crippen LogP contribution in [0, 0.1) is 34.1 Å². The lowest BCUT2D eigenvalue weighted by molar-refractivity contribution is -0.924. The van der Waals surface area contributed by atoms with Gasteiger partial charge in [-0.2, -0.15) is 0 Å². The maximum atomic E-state index is 14.5. The molecule has 4 aliphatic carbocycles. The van der Waals surface area contributed by atoms with Gasteiger partial charge in [-0.05, 0) is 63.2 Å². The summed E-state index contributed by atoms with van der Waals surface area (Å²) in [4.78, 5) is 26.9. The van der Waals surface area contributed by atoms with E-state index < -0.39 is 21.4 Å². The quantitative estimate of drug-likeness (QED) is 0.347. The van der Waals surface area contributed by atoms with Crippen molar-refractivity contribution in [1.29, 1.82) is 0 Å². The van der Waals surface area contributed by atoms with Crippen molar-refractivity contribution < 1.29 is 18.9 Å². The number of carbonyl (C=O) groups excluding carboxylic acids is 2. The molecule has 0 aromatic rings. The molecule has 8 heteroatoms. The lowest BCUT2D eigenvalue weighted by Crippen LogP contribution is -2.66. The van der Waals surface area contributed by atoms with Crippen LogP contribution in [-0.2, 0) is 9.59 Å². The van der Waals surface area contributed by atoms with Crippen molar-refractivity contribution in [2.45, 2.75) is 133 Å². The van der Waals surface area contributed by atoms with Gasteiger partial charge < -0.3 is 30.3 Å². The lowest BCUT2D eigenvalue weighted by atomic mass is 9.82. The van der Waals surface area contributed by atoms with E-state index >= 15 is 0 Å². The highest BCUT2D eigenvalue weighted by molar-refractivity contribution is 5.81. The average Bonchev–Trinajstić information content (AvgIpc) is 3.71. The summed E-state index contributed by atoms with van der Waals surface area (Å²) in [6.07, 6.45) is 17.3. The normalized spacial score (nSPS) is 42.8. The van der Waals surface area contributed by atoms with Crippen molar-refractivity contribution >= 4 is 11.8 Å². The Hall–Kier alpha value is -1.22. The van der Waals surface area contributed by atoms with E-state index in [1.807, 2.05) is 0 Å². The molecule has 8 atom stereocenters. The molecule has 0 spiro atoms. The van der Waals surface area contributed by atoms with Crippen LogP contribution in [-0.4, -0.2) is 71.5 Å². The molecule has 0 aromatic carbocycles. The number of likely N-dealkylation sites (tertiary alicyclic amines) is 2. The molecule has 220 valence electrons. The van der Waals surface area contributed by atoms with Gasteiger partial charge in [-0.15, -0.1) is 0 Å². The molecule has 8 nitrogen and oxygen atoms in total. The first kappa shape index (κ1) is 27.9. The van der Waals surface area contributed by atoms with E-state index in [0.717, 1.165) is 89.9 Å². The maximum absolute atomic E-state index is 14.5. The second kappa shape index (κ2) is 11.6. The van der Waals surface area contributed by atoms with Crippen LogP contribution < -0.4 is 10.6 Å². The third-order valence-electron chi connectivity index (χ3n) is 12.0. The molecule has 6 aliphatic rings. The van der Waals surface area contributed by atoms with Gasteiger partial charge in [0.1, 0.15) is 0 Å². The Balaban J connectivity index is 1.13. The summed E-state index contributed by atoms with van der Waals surface area (Å²) in [5, 5.41) is 35.4. The number of carbonyl (C=O) groups is 2. The van der Waals surface area contributed by atoms with Crippen LogP contribution in [0.3, 0.4) is 0 Å². The molecular formula is C31H52N4O4. The number of hydrogen-bond donors (Lipinski definition) is 2. The van der Waals surface area contributed by atoms with Crippen molar-refractivity contribution in [3.63, 3.8) is 0 Å². The number of nitrogens with zero attached hydrogens (tertiary/aromatic N) is 2. The first-order valence-electron chi connectivity index (χ1n) is 16.6. The smallest absolute Gasteiger partial charge is 0.278 e. The molecular weight excluding hydrogens is 492 g/mol. The van der Waals surface area contributed by atoms with Gasteiger partial charge in [0.15, 0.2) is 12.1 Å². The molecule has 2 heterocycles. The minimum atomic E-state index is -0.549. The number of piperidine rings is 2. The summed E-state index contributed by atoms with van der Waals surface area (Å²) in [6.45, 7) is 1.67. The molecule has 4 saturated carbocycles. The van der Waals surface area contributed by atoms with Gasteiger partial charge in [-0.1, -0.05) is 38.5 Å². The highest BCUT2D eigenvalue weighted by Crippen LogP contribution is 2.45. The lowest BCUT2D eigenvalue weighted by Gasteiger charge is -2.56. The Kier molecular flexibility index (Phi) is 8.29. The number of hydroxylamine groups is 6. The largest absolute Gasteiger partial charge is 0.632 e. The Labute approximate surface area is 235 Å². The summed E-state index contributed by atoms with van der Waals surface area (Å²) < 4.78 is -0.935. The van der Waals surface area contributed by atoms with E-state index in [1.165, 1.54) is 0 Å². The number of hydrogen-bond acceptors (Lipinski definition) is 4. The molecule has 2 aliphatic heterocycles. The Morgan fingerprint density at radius 2 is 0.949 bits per heavy atom. The summed E-state index contributed by atoms with van der Waals surface area (Å²) in [6, 6.07) is -0.664. The van der Waals surface area contributed by atoms with Gasteiger partial charge in [0.25, 0.3) is 11.8 Å². The van der Waals surface area contributed by atoms with E-state index in [0.29, 0.717) is 69.1 Å². The first-order valence-corrected chi connectivity index (χ1v) is 16.6. The molecule has 6 fully saturated rings. The summed E-state index contributed by atoms with van der Waals surface area (Å²) >= 11 is 0. The summed E-state index contributed by atoms with van der Waals surface area (Å²) in [7, 11) is 0. The predicted octanol–water partition coefficient (Wildman–Crippen LogP) is 4.50. The fourth-order valence-electron chi connectivity index (χ4n) is 9.81. The van der Waals surface area contributed by atoms with E-state index in [2.05, 4.69) is 10.6 Å². The fraction of sp³-hybridized carbons (Fsp3) is 0.935. The highest BCUT2D eigenvalue weighted by Gasteiger charge is 2.50. The predicted molar refractivity (Wildman–Crippen MR) is 151 cm³/mol. The zero-order valence-corrected chi connectivity index (χ0v) is 24.0. The van der Waals surface area contributed by atoms with Gasteiger partial charge in [0.05, 0.1) is 26.2 Å². The van der Waals surface area contributed by atoms with E-state index in [-0.39, 0.29) is 23.9 Å². The second-order valence-corrected chi connectivity index (χ2v) is 14.5. The number of amides is 2. The van der Waals surface area contributed by atoms with Crippen molar-refractivity contribution in [1.82, 2.24) is 10.6 Å². The number of rotatable bonds is 8. The second-order valence-electron chi connectivity index (χ2n) is 14.5. The summed E-state index contributed by atoms with van der Waals surface area (Å²) in [5.74, 6) is 1.71. The molecule has 0 aromatic heterocycles. The Morgan fingerprint density at radius 1 is 0.564 bits per heavy atom. The number of quaternary nitrogens is 2. The van der Waals surface area contributed by atoms with Gasteiger partial charge in [-0.3, -0.25) is 9.59 Å². The molecule has 0 bridgehead atoms. The van der Waals surface area contributed by atoms with Gasteiger partial charge >= 0.3 is 0 Å². The van der Waals surface area contributed by atoms with Crippen LogP contribution in [0.25, 0.3) is 0 Å². The first-order chi connectivity index (χ1) is 18.8. The van der Waals surface area contributed by atoms with Crippen LogP contribution in [0.1, 0.15) is 109 Å². The monoisotopic (exact) mass is 544 g/mol. The van der Waals surface area contributed by atoms with Gasteiger partial charge in [0.2, 0.25) is 0 Å². The Bertz CT molecular complexity index is 820. The minimum Gasteiger partial charge on any atom is -0.632 e. The van der Waals surface area contributed by atoms with E-state index in [4.69, 9.17) is 0 Å². The fourth-order valence-corrected chi connectivity index (χ4v) is 9.81. The average molecular weight is 545 g/mol. The zero-order valence-electron chi connectivity index (χ0n) is 24.0. The topological polar surface area (TPSA) is 104 Å². The van der Waals surface area contributed by atoms with Gasteiger partial charge in [-0.25, -0.2) is 0 Å². The van der Waals surface area contributed by atoms with E-state index in [9.17, 15) is 20.0 Å². The molecule has 2 saturated heterocycles. The molecule has 2 N–H and O–H groups in total. The number of fused-ring (bicyclic) bond motifs is 2. The van der Waals surface area contributed by atoms with Crippen molar-refractivity contribution in [3.05, 3.63) is 10.4 Å². The van der Waals surface area contributed by atoms with Crippen molar-refractivity contribution in [2.75, 3.05) is 26.2 Å². The molecule has 2 amide bonds. The van der Waals surface area contributed by atoms with Crippen LogP contribution in [0.15, 0.2) is 0 Å². The van der Waals surface area contributed by atoms with Crippen molar-refractivity contribution in [3.8, 4) is 0 Å². The Morgan fingerprint density at radius 3 is 1.36 bits per heavy atom. The van der Waals surface area contributed by atoms with E-state index in [1.54, 1.807) is 0 Å². The zero-order chi connectivity index (χ0) is 27.0. The maximum Gasteiger partial charge on any atom is 0.278 e. The highest BCUT2D eigenvalue weighted by atomic mass is 16.6.